The van der Waals surface area contributed by atoms with Gasteiger partial charge in [-0.05, 0) is 86.0 Å². The lowest BCUT2D eigenvalue weighted by molar-refractivity contribution is 0.0968. The number of nitrogens with two attached hydrogens (primary N) is 1. The summed E-state index contributed by atoms with van der Waals surface area (Å²) < 4.78 is 8.41. The number of pyridine rings is 3. The molecule has 186 valence electrons. The Hall–Kier alpha value is -4.30. The number of fused-ring (bicyclic) bond motifs is 1. The van der Waals surface area contributed by atoms with E-state index in [-0.39, 0.29) is 6.10 Å². The van der Waals surface area contributed by atoms with Crippen molar-refractivity contribution >= 4 is 17.0 Å². The van der Waals surface area contributed by atoms with E-state index in [0.717, 1.165) is 72.3 Å². The number of nitrogen functional groups attached to an aromatic ring is 1. The molecule has 0 radical (unpaired) electrons. The molecule has 5 aromatic rings. The molecule has 0 saturated carbocycles. The molecule has 2 N–H and O–H groups in total. The van der Waals surface area contributed by atoms with Crippen molar-refractivity contribution < 1.29 is 4.74 Å². The molecule has 0 unspecified atom stereocenters. The van der Waals surface area contributed by atoms with Crippen molar-refractivity contribution in [3.63, 3.8) is 0 Å². The number of rotatable bonds is 6. The van der Waals surface area contributed by atoms with Crippen LogP contribution < -0.4 is 10.5 Å². The third kappa shape index (κ3) is 5.01. The number of ether oxygens (including phenoxy) is 1. The summed E-state index contributed by atoms with van der Waals surface area (Å²) in [5.41, 5.74) is 11.5. The number of likely N-dealkylation sites (tertiary alicyclic amines) is 1. The average Bonchev–Trinajstić information content (AvgIpc) is 3.30. The van der Waals surface area contributed by atoms with Crippen molar-refractivity contribution in [1.29, 1.82) is 0 Å². The van der Waals surface area contributed by atoms with Gasteiger partial charge in [0.1, 0.15) is 28.9 Å². The first kappa shape index (κ1) is 23.1. The molecule has 5 heterocycles. The summed E-state index contributed by atoms with van der Waals surface area (Å²) in [6, 6.07) is 22.0. The lowest BCUT2D eigenvalue weighted by atomic mass is 10.1. The molecule has 4 aromatic heterocycles. The first-order valence-corrected chi connectivity index (χ1v) is 12.6. The van der Waals surface area contributed by atoms with Gasteiger partial charge in [0, 0.05) is 43.4 Å². The van der Waals surface area contributed by atoms with Gasteiger partial charge in [0.05, 0.1) is 0 Å². The quantitative estimate of drug-likeness (QED) is 0.364. The summed E-state index contributed by atoms with van der Waals surface area (Å²) in [5.74, 6) is 2.22. The van der Waals surface area contributed by atoms with E-state index in [4.69, 9.17) is 15.5 Å². The van der Waals surface area contributed by atoms with Crippen LogP contribution in [0.15, 0.2) is 79.1 Å². The molecule has 1 fully saturated rings. The predicted molar refractivity (Wildman–Crippen MR) is 144 cm³/mol. The maximum atomic E-state index is 6.36. The van der Waals surface area contributed by atoms with E-state index in [9.17, 15) is 0 Å². The van der Waals surface area contributed by atoms with Gasteiger partial charge in [-0.25, -0.2) is 15.0 Å². The average molecular weight is 492 g/mol. The van der Waals surface area contributed by atoms with Crippen molar-refractivity contribution in [2.45, 2.75) is 32.4 Å². The normalized spacial score (nSPS) is 14.7. The van der Waals surface area contributed by atoms with Gasteiger partial charge in [-0.3, -0.25) is 14.5 Å². The molecule has 0 amide bonds. The van der Waals surface area contributed by atoms with Crippen LogP contribution in [0.1, 0.15) is 24.1 Å². The highest BCUT2D eigenvalue weighted by molar-refractivity contribution is 5.79. The van der Waals surface area contributed by atoms with Crippen LogP contribution >= 0.6 is 0 Å². The monoisotopic (exact) mass is 491 g/mol. The zero-order valence-corrected chi connectivity index (χ0v) is 20.8. The van der Waals surface area contributed by atoms with Crippen molar-refractivity contribution in [3.05, 3.63) is 90.4 Å². The summed E-state index contributed by atoms with van der Waals surface area (Å²) in [5, 5.41) is 0. The fourth-order valence-corrected chi connectivity index (χ4v) is 4.99. The lowest BCUT2D eigenvalue weighted by Crippen LogP contribution is -2.37. The molecule has 1 saturated heterocycles. The minimum absolute atomic E-state index is 0.200. The van der Waals surface area contributed by atoms with Gasteiger partial charge in [-0.2, -0.15) is 0 Å². The number of nitrogens with zero attached hydrogens (tertiary/aromatic N) is 6. The summed E-state index contributed by atoms with van der Waals surface area (Å²) in [7, 11) is 0. The van der Waals surface area contributed by atoms with Crippen LogP contribution in [0.4, 0.5) is 5.82 Å². The number of imidazole rings is 1. The number of piperidine rings is 1. The Bertz CT molecular complexity index is 1490. The van der Waals surface area contributed by atoms with Crippen LogP contribution in [-0.2, 0) is 6.54 Å². The Morgan fingerprint density at radius 2 is 1.73 bits per heavy atom. The van der Waals surface area contributed by atoms with E-state index in [0.29, 0.717) is 5.82 Å². The molecule has 6 rings (SSSR count). The second-order valence-electron chi connectivity index (χ2n) is 9.46. The van der Waals surface area contributed by atoms with Crippen molar-refractivity contribution in [1.82, 2.24) is 29.4 Å². The zero-order chi connectivity index (χ0) is 25.2. The fourth-order valence-electron chi connectivity index (χ4n) is 4.99. The van der Waals surface area contributed by atoms with Gasteiger partial charge in [0.15, 0.2) is 11.5 Å². The Kier molecular flexibility index (Phi) is 6.24. The molecule has 0 bridgehead atoms. The maximum Gasteiger partial charge on any atom is 0.165 e. The highest BCUT2D eigenvalue weighted by Crippen LogP contribution is 2.28. The molecular formula is C29H29N7O. The second kappa shape index (κ2) is 9.99. The number of hydrogen-bond acceptors (Lipinski definition) is 7. The summed E-state index contributed by atoms with van der Waals surface area (Å²) in [6.07, 6.45) is 5.74. The molecule has 1 aromatic carbocycles. The van der Waals surface area contributed by atoms with E-state index in [1.165, 1.54) is 5.56 Å². The maximum absolute atomic E-state index is 6.36. The number of anilines is 1. The number of aryl methyl sites for hydroxylation is 1. The largest absolute Gasteiger partial charge is 0.490 e. The van der Waals surface area contributed by atoms with E-state index < -0.39 is 0 Å². The molecule has 8 heteroatoms. The van der Waals surface area contributed by atoms with Crippen LogP contribution in [0.25, 0.3) is 28.4 Å². The molecule has 0 spiro atoms. The van der Waals surface area contributed by atoms with Gasteiger partial charge >= 0.3 is 0 Å². The number of benzene rings is 1. The van der Waals surface area contributed by atoms with Crippen LogP contribution in [0.3, 0.4) is 0 Å². The molecule has 0 aliphatic carbocycles. The predicted octanol–water partition coefficient (Wildman–Crippen LogP) is 4.81. The fraction of sp³-hybridized carbons (Fsp3) is 0.241. The Morgan fingerprint density at radius 3 is 2.49 bits per heavy atom. The highest BCUT2D eigenvalue weighted by atomic mass is 16.5. The van der Waals surface area contributed by atoms with Crippen molar-refractivity contribution in [2.75, 3.05) is 18.8 Å². The van der Waals surface area contributed by atoms with E-state index in [1.807, 2.05) is 60.0 Å². The molecule has 1 aliphatic heterocycles. The van der Waals surface area contributed by atoms with Gasteiger partial charge in [0.2, 0.25) is 0 Å². The summed E-state index contributed by atoms with van der Waals surface area (Å²) in [6.45, 7) is 4.85. The third-order valence-corrected chi connectivity index (χ3v) is 6.68. The van der Waals surface area contributed by atoms with Crippen LogP contribution in [-0.4, -0.2) is 48.6 Å². The van der Waals surface area contributed by atoms with Crippen LogP contribution in [0, 0.1) is 6.92 Å². The Labute approximate surface area is 215 Å². The molecule has 8 nitrogen and oxygen atoms in total. The number of hydrogen-bond donors (Lipinski definition) is 1. The topological polar surface area (TPSA) is 95.0 Å². The molecule has 37 heavy (non-hydrogen) atoms. The third-order valence-electron chi connectivity index (χ3n) is 6.68. The smallest absolute Gasteiger partial charge is 0.165 e. The molecule has 0 atom stereocenters. The zero-order valence-electron chi connectivity index (χ0n) is 20.8. The second-order valence-corrected chi connectivity index (χ2v) is 9.46. The van der Waals surface area contributed by atoms with Crippen molar-refractivity contribution in [3.8, 4) is 23.0 Å². The van der Waals surface area contributed by atoms with E-state index >= 15 is 0 Å². The van der Waals surface area contributed by atoms with Crippen LogP contribution in [0.5, 0.6) is 5.75 Å². The molecular weight excluding hydrogens is 462 g/mol. The number of aromatic nitrogens is 5. The van der Waals surface area contributed by atoms with Gasteiger partial charge in [0.25, 0.3) is 0 Å². The van der Waals surface area contributed by atoms with Gasteiger partial charge in [-0.15, -0.1) is 0 Å². The van der Waals surface area contributed by atoms with E-state index in [1.54, 1.807) is 12.4 Å². The summed E-state index contributed by atoms with van der Waals surface area (Å²) in [4.78, 5) is 20.6. The van der Waals surface area contributed by atoms with Crippen molar-refractivity contribution in [2.24, 2.45) is 0 Å². The first-order chi connectivity index (χ1) is 18.1. The Balaban J connectivity index is 1.15. The summed E-state index contributed by atoms with van der Waals surface area (Å²) >= 11 is 0. The minimum atomic E-state index is 0.200. The highest BCUT2D eigenvalue weighted by Gasteiger charge is 2.21. The van der Waals surface area contributed by atoms with Gasteiger partial charge in [-0.1, -0.05) is 6.07 Å². The minimum Gasteiger partial charge on any atom is -0.490 e. The van der Waals surface area contributed by atoms with Crippen LogP contribution in [0.2, 0.25) is 0 Å². The van der Waals surface area contributed by atoms with Gasteiger partial charge < -0.3 is 10.5 Å². The molecule has 1 aliphatic rings. The lowest BCUT2D eigenvalue weighted by Gasteiger charge is -2.32. The Morgan fingerprint density at radius 1 is 0.919 bits per heavy atom. The first-order valence-electron chi connectivity index (χ1n) is 12.6. The SMILES string of the molecule is Cc1cc(CN2CCC(Oc3ccc(-n4c(-c5ccccn5)nc5cccnc54)cc3)CC2)cc(N)n1. The van der Waals surface area contributed by atoms with E-state index in [2.05, 4.69) is 38.1 Å². The standard InChI is InChI=1S/C29H29N7O/c1-20-17-21(18-27(30)33-20)19-35-15-11-24(12-16-35)37-23-9-7-22(8-10-23)36-28-26(6-4-14-32-28)34-29(36)25-5-2-3-13-31-25/h2-10,13-14,17-18,24H,11-12,15-16,19H2,1H3,(H2,30,33).